The van der Waals surface area contributed by atoms with Crippen LogP contribution in [0.1, 0.15) is 24.2 Å². The molecule has 17 heavy (non-hydrogen) atoms. The van der Waals surface area contributed by atoms with Gasteiger partial charge in [-0.2, -0.15) is 0 Å². The molecule has 1 aromatic carbocycles. The zero-order chi connectivity index (χ0) is 12.3. The van der Waals surface area contributed by atoms with Crippen LogP contribution in [0.4, 0.5) is 0 Å². The number of nitrogens with zero attached hydrogens (tertiary/aromatic N) is 1. The first kappa shape index (κ1) is 11.9. The Morgan fingerprint density at radius 2 is 1.94 bits per heavy atom. The quantitative estimate of drug-likeness (QED) is 0.759. The molecule has 0 fully saturated rings. The summed E-state index contributed by atoms with van der Waals surface area (Å²) >= 11 is 5.86. The van der Waals surface area contributed by atoms with Crippen molar-refractivity contribution in [3.63, 3.8) is 0 Å². The number of rotatable bonds is 3. The van der Waals surface area contributed by atoms with Gasteiger partial charge in [-0.3, -0.25) is 0 Å². The lowest BCUT2D eigenvalue weighted by Gasteiger charge is -2.16. The molecule has 0 bridgehead atoms. The van der Waals surface area contributed by atoms with Crippen LogP contribution in [-0.2, 0) is 0 Å². The summed E-state index contributed by atoms with van der Waals surface area (Å²) in [5, 5.41) is 0.450. The average Bonchev–Trinajstić information content (AvgIpc) is 2.35. The van der Waals surface area contributed by atoms with E-state index in [-0.39, 0.29) is 6.10 Å². The van der Waals surface area contributed by atoms with Gasteiger partial charge in [-0.25, -0.2) is 4.98 Å². The van der Waals surface area contributed by atoms with E-state index in [9.17, 15) is 0 Å². The molecule has 1 atom stereocenters. The molecule has 0 aliphatic carbocycles. The molecule has 1 aromatic heterocycles. The molecule has 0 radical (unpaired) electrons. The fourth-order valence-electron chi connectivity index (χ4n) is 1.59. The molecule has 0 spiro atoms. The maximum absolute atomic E-state index is 5.89. The SMILES string of the molecule is Cc1cnc(Cl)cc1OC(C)c1ccccc1. The van der Waals surface area contributed by atoms with E-state index >= 15 is 0 Å². The van der Waals surface area contributed by atoms with Crippen LogP contribution in [0, 0.1) is 6.92 Å². The fraction of sp³-hybridized carbons (Fsp3) is 0.214. The third kappa shape index (κ3) is 2.98. The number of aryl methyl sites for hydroxylation is 1. The van der Waals surface area contributed by atoms with E-state index in [0.29, 0.717) is 5.15 Å². The van der Waals surface area contributed by atoms with E-state index in [1.54, 1.807) is 12.3 Å². The number of halogens is 1. The third-order valence-corrected chi connectivity index (χ3v) is 2.80. The van der Waals surface area contributed by atoms with Gasteiger partial charge in [-0.15, -0.1) is 0 Å². The number of hydrogen-bond acceptors (Lipinski definition) is 2. The summed E-state index contributed by atoms with van der Waals surface area (Å²) in [6.07, 6.45) is 1.71. The van der Waals surface area contributed by atoms with Gasteiger partial charge in [-0.05, 0) is 19.4 Å². The maximum atomic E-state index is 5.89. The van der Waals surface area contributed by atoms with Gasteiger partial charge in [-0.1, -0.05) is 41.9 Å². The topological polar surface area (TPSA) is 22.1 Å². The van der Waals surface area contributed by atoms with Gasteiger partial charge in [0, 0.05) is 17.8 Å². The molecule has 0 saturated carbocycles. The van der Waals surface area contributed by atoms with Crippen molar-refractivity contribution in [3.8, 4) is 5.75 Å². The van der Waals surface area contributed by atoms with Crippen LogP contribution in [0.25, 0.3) is 0 Å². The van der Waals surface area contributed by atoms with Crippen LogP contribution in [-0.4, -0.2) is 4.98 Å². The van der Waals surface area contributed by atoms with E-state index in [2.05, 4.69) is 4.98 Å². The lowest BCUT2D eigenvalue weighted by molar-refractivity contribution is 0.225. The summed E-state index contributed by atoms with van der Waals surface area (Å²) in [7, 11) is 0. The van der Waals surface area contributed by atoms with Crippen LogP contribution in [0.5, 0.6) is 5.75 Å². The summed E-state index contributed by atoms with van der Waals surface area (Å²) < 4.78 is 5.89. The Bertz CT molecular complexity index is 499. The molecule has 0 amide bonds. The van der Waals surface area contributed by atoms with Gasteiger partial charge >= 0.3 is 0 Å². The van der Waals surface area contributed by atoms with Gasteiger partial charge in [0.2, 0.25) is 0 Å². The van der Waals surface area contributed by atoms with E-state index in [1.807, 2.05) is 44.2 Å². The van der Waals surface area contributed by atoms with E-state index in [4.69, 9.17) is 16.3 Å². The molecule has 0 aliphatic rings. The minimum Gasteiger partial charge on any atom is -0.486 e. The Morgan fingerprint density at radius 3 is 2.65 bits per heavy atom. The van der Waals surface area contributed by atoms with Crippen LogP contribution in [0.3, 0.4) is 0 Å². The molecular weight excluding hydrogens is 234 g/mol. The Hall–Kier alpha value is -1.54. The molecule has 2 rings (SSSR count). The van der Waals surface area contributed by atoms with Gasteiger partial charge < -0.3 is 4.74 Å². The van der Waals surface area contributed by atoms with Crippen molar-refractivity contribution in [1.82, 2.24) is 4.98 Å². The van der Waals surface area contributed by atoms with Crippen molar-refractivity contribution >= 4 is 11.6 Å². The largest absolute Gasteiger partial charge is 0.486 e. The summed E-state index contributed by atoms with van der Waals surface area (Å²) in [6.45, 7) is 3.97. The lowest BCUT2D eigenvalue weighted by atomic mass is 10.1. The Morgan fingerprint density at radius 1 is 1.24 bits per heavy atom. The highest BCUT2D eigenvalue weighted by molar-refractivity contribution is 6.29. The number of hydrogen-bond donors (Lipinski definition) is 0. The first-order valence-corrected chi connectivity index (χ1v) is 5.88. The van der Waals surface area contributed by atoms with Gasteiger partial charge in [0.05, 0.1) is 0 Å². The Kier molecular flexibility index (Phi) is 3.64. The second-order valence-electron chi connectivity index (χ2n) is 3.94. The Balaban J connectivity index is 2.18. The third-order valence-electron chi connectivity index (χ3n) is 2.59. The van der Waals surface area contributed by atoms with Crippen molar-refractivity contribution in [2.45, 2.75) is 20.0 Å². The van der Waals surface area contributed by atoms with Crippen molar-refractivity contribution in [2.24, 2.45) is 0 Å². The van der Waals surface area contributed by atoms with Crippen molar-refractivity contribution in [1.29, 1.82) is 0 Å². The number of ether oxygens (including phenoxy) is 1. The fourth-order valence-corrected chi connectivity index (χ4v) is 1.74. The number of aromatic nitrogens is 1. The summed E-state index contributed by atoms with van der Waals surface area (Å²) in [6, 6.07) is 11.8. The van der Waals surface area contributed by atoms with E-state index < -0.39 is 0 Å². The molecule has 1 heterocycles. The minimum absolute atomic E-state index is 0.00614. The molecule has 3 heteroatoms. The summed E-state index contributed by atoms with van der Waals surface area (Å²) in [5.74, 6) is 0.779. The van der Waals surface area contributed by atoms with E-state index in [0.717, 1.165) is 16.9 Å². The van der Waals surface area contributed by atoms with Crippen molar-refractivity contribution in [2.75, 3.05) is 0 Å². The molecule has 2 aromatic rings. The molecule has 2 nitrogen and oxygen atoms in total. The standard InChI is InChI=1S/C14H14ClNO/c1-10-9-16-14(15)8-13(10)17-11(2)12-6-4-3-5-7-12/h3-9,11H,1-2H3. The van der Waals surface area contributed by atoms with Gasteiger partial charge in [0.1, 0.15) is 17.0 Å². The monoisotopic (exact) mass is 247 g/mol. The minimum atomic E-state index is -0.00614. The molecule has 1 unspecified atom stereocenters. The van der Waals surface area contributed by atoms with Crippen LogP contribution in [0.15, 0.2) is 42.6 Å². The first-order valence-electron chi connectivity index (χ1n) is 5.50. The molecule has 0 saturated heterocycles. The molecule has 0 N–H and O–H groups in total. The smallest absolute Gasteiger partial charge is 0.132 e. The second-order valence-corrected chi connectivity index (χ2v) is 4.33. The highest BCUT2D eigenvalue weighted by Crippen LogP contribution is 2.26. The predicted octanol–water partition coefficient (Wildman–Crippen LogP) is 4.18. The zero-order valence-corrected chi connectivity index (χ0v) is 10.6. The van der Waals surface area contributed by atoms with E-state index in [1.165, 1.54) is 0 Å². The average molecular weight is 248 g/mol. The molecular formula is C14H14ClNO. The number of pyridine rings is 1. The predicted molar refractivity (Wildman–Crippen MR) is 69.5 cm³/mol. The van der Waals surface area contributed by atoms with Crippen molar-refractivity contribution < 1.29 is 4.74 Å². The molecule has 88 valence electrons. The number of benzene rings is 1. The summed E-state index contributed by atoms with van der Waals surface area (Å²) in [5.41, 5.74) is 2.12. The summed E-state index contributed by atoms with van der Waals surface area (Å²) in [4.78, 5) is 4.00. The second kappa shape index (κ2) is 5.19. The first-order chi connectivity index (χ1) is 8.16. The normalized spacial score (nSPS) is 12.2. The van der Waals surface area contributed by atoms with Gasteiger partial charge in [0.15, 0.2) is 0 Å². The molecule has 0 aliphatic heterocycles. The highest BCUT2D eigenvalue weighted by atomic mass is 35.5. The highest BCUT2D eigenvalue weighted by Gasteiger charge is 2.09. The zero-order valence-electron chi connectivity index (χ0n) is 9.85. The van der Waals surface area contributed by atoms with Crippen LogP contribution in [0.2, 0.25) is 5.15 Å². The maximum Gasteiger partial charge on any atom is 0.132 e. The van der Waals surface area contributed by atoms with Crippen LogP contribution >= 0.6 is 11.6 Å². The van der Waals surface area contributed by atoms with Crippen molar-refractivity contribution in [3.05, 3.63) is 58.9 Å². The van der Waals surface area contributed by atoms with Gasteiger partial charge in [0.25, 0.3) is 0 Å². The Labute approximate surface area is 106 Å². The lowest BCUT2D eigenvalue weighted by Crippen LogP contribution is -2.04. The van der Waals surface area contributed by atoms with Crippen LogP contribution < -0.4 is 4.74 Å².